The third-order valence-corrected chi connectivity index (χ3v) is 2.52. The van der Waals surface area contributed by atoms with Crippen molar-refractivity contribution in [1.82, 2.24) is 10.6 Å². The highest BCUT2D eigenvalue weighted by Crippen LogP contribution is 2.12. The van der Waals surface area contributed by atoms with Crippen molar-refractivity contribution >= 4 is 11.8 Å². The van der Waals surface area contributed by atoms with Gasteiger partial charge in [-0.15, -0.1) is 0 Å². The summed E-state index contributed by atoms with van der Waals surface area (Å²) in [4.78, 5) is 23.3. The zero-order valence-electron chi connectivity index (χ0n) is 12.0. The van der Waals surface area contributed by atoms with E-state index in [1.165, 1.54) is 0 Å². The van der Waals surface area contributed by atoms with Crippen molar-refractivity contribution in [1.29, 1.82) is 0 Å². The Hall–Kier alpha value is -1.10. The van der Waals surface area contributed by atoms with Crippen LogP contribution in [-0.4, -0.2) is 35.6 Å². The molecular formula is C13H26N2O3. The van der Waals surface area contributed by atoms with E-state index >= 15 is 0 Å². The molecule has 0 aliphatic heterocycles. The molecule has 0 spiro atoms. The first-order chi connectivity index (χ1) is 8.14. The molecule has 5 nitrogen and oxygen atoms in total. The van der Waals surface area contributed by atoms with Gasteiger partial charge in [0.25, 0.3) is 0 Å². The van der Waals surface area contributed by atoms with Gasteiger partial charge < -0.3 is 15.7 Å². The quantitative estimate of drug-likeness (QED) is 0.617. The normalized spacial score (nSPS) is 14.8. The Labute approximate surface area is 109 Å². The largest absolute Gasteiger partial charge is 0.393 e. The Morgan fingerprint density at radius 3 is 2.22 bits per heavy atom. The first kappa shape index (κ1) is 16.9. The van der Waals surface area contributed by atoms with Crippen LogP contribution in [0.3, 0.4) is 0 Å². The Morgan fingerprint density at radius 2 is 1.78 bits per heavy atom. The second-order valence-corrected chi connectivity index (χ2v) is 5.73. The van der Waals surface area contributed by atoms with Crippen molar-refractivity contribution in [2.24, 2.45) is 5.41 Å². The lowest BCUT2D eigenvalue weighted by atomic mass is 9.95. The number of carbonyl (C=O) groups excluding carboxylic acids is 2. The molecule has 0 aromatic heterocycles. The summed E-state index contributed by atoms with van der Waals surface area (Å²) in [6, 6.07) is -0.539. The molecule has 0 aromatic rings. The maximum atomic E-state index is 11.7. The summed E-state index contributed by atoms with van der Waals surface area (Å²) in [6.45, 7) is 9.29. The summed E-state index contributed by atoms with van der Waals surface area (Å²) < 4.78 is 0. The number of carbonyl (C=O) groups is 2. The molecule has 2 unspecified atom stereocenters. The molecule has 0 radical (unpaired) electrons. The summed E-state index contributed by atoms with van der Waals surface area (Å²) in [5, 5.41) is 14.5. The van der Waals surface area contributed by atoms with E-state index in [2.05, 4.69) is 10.6 Å². The van der Waals surface area contributed by atoms with E-state index in [9.17, 15) is 9.59 Å². The summed E-state index contributed by atoms with van der Waals surface area (Å²) in [6.07, 6.45) is 1.03. The molecule has 0 fully saturated rings. The van der Waals surface area contributed by atoms with Crippen LogP contribution in [0.5, 0.6) is 0 Å². The first-order valence-electron chi connectivity index (χ1n) is 6.41. The lowest BCUT2D eigenvalue weighted by Crippen LogP contribution is -2.48. The molecule has 2 atom stereocenters. The molecule has 2 amide bonds. The molecular weight excluding hydrogens is 232 g/mol. The van der Waals surface area contributed by atoms with Crippen LogP contribution in [0.2, 0.25) is 0 Å². The van der Waals surface area contributed by atoms with Gasteiger partial charge in [0.1, 0.15) is 6.04 Å². The maximum absolute atomic E-state index is 11.7. The van der Waals surface area contributed by atoms with Crippen LogP contribution in [0.1, 0.15) is 47.5 Å². The third-order valence-electron chi connectivity index (χ3n) is 2.52. The standard InChI is InChI=1S/C13H26N2O3/c1-9(16)7-6-8-14-11(17)10(2)15-12(18)13(3,4)5/h9-10,16H,6-8H2,1-5H3,(H,14,17)(H,15,18). The molecule has 5 heteroatoms. The van der Waals surface area contributed by atoms with Crippen molar-refractivity contribution in [3.8, 4) is 0 Å². The van der Waals surface area contributed by atoms with E-state index in [-0.39, 0.29) is 17.9 Å². The van der Waals surface area contributed by atoms with Crippen molar-refractivity contribution < 1.29 is 14.7 Å². The van der Waals surface area contributed by atoms with Gasteiger partial charge >= 0.3 is 0 Å². The van der Waals surface area contributed by atoms with E-state index in [1.54, 1.807) is 34.6 Å². The predicted octanol–water partition coefficient (Wildman–Crippen LogP) is 0.814. The molecule has 0 aromatic carbocycles. The van der Waals surface area contributed by atoms with Crippen molar-refractivity contribution in [3.63, 3.8) is 0 Å². The number of hydrogen-bond donors (Lipinski definition) is 3. The number of aliphatic hydroxyl groups excluding tert-OH is 1. The van der Waals surface area contributed by atoms with Gasteiger partial charge in [0.05, 0.1) is 6.10 Å². The number of amides is 2. The second-order valence-electron chi connectivity index (χ2n) is 5.73. The number of hydrogen-bond acceptors (Lipinski definition) is 3. The zero-order chi connectivity index (χ0) is 14.3. The molecule has 0 saturated heterocycles. The fraction of sp³-hybridized carbons (Fsp3) is 0.846. The van der Waals surface area contributed by atoms with Gasteiger partial charge in [-0.1, -0.05) is 20.8 Å². The van der Waals surface area contributed by atoms with Crippen molar-refractivity contribution in [2.45, 2.75) is 59.6 Å². The third kappa shape index (κ3) is 7.27. The van der Waals surface area contributed by atoms with Crippen LogP contribution in [0, 0.1) is 5.41 Å². The van der Waals surface area contributed by atoms with E-state index in [4.69, 9.17) is 5.11 Å². The van der Waals surface area contributed by atoms with Crippen molar-refractivity contribution in [3.05, 3.63) is 0 Å². The Kier molecular flexibility index (Phi) is 6.91. The highest BCUT2D eigenvalue weighted by atomic mass is 16.3. The van der Waals surface area contributed by atoms with Gasteiger partial charge in [0, 0.05) is 12.0 Å². The van der Waals surface area contributed by atoms with E-state index in [0.717, 1.165) is 6.42 Å². The van der Waals surface area contributed by atoms with Crippen LogP contribution >= 0.6 is 0 Å². The highest BCUT2D eigenvalue weighted by molar-refractivity contribution is 5.89. The van der Waals surface area contributed by atoms with Gasteiger partial charge in [-0.2, -0.15) is 0 Å². The fourth-order valence-electron chi connectivity index (χ4n) is 1.24. The molecule has 0 aliphatic carbocycles. The number of nitrogens with one attached hydrogen (secondary N) is 2. The first-order valence-corrected chi connectivity index (χ1v) is 6.41. The maximum Gasteiger partial charge on any atom is 0.242 e. The zero-order valence-corrected chi connectivity index (χ0v) is 12.0. The monoisotopic (exact) mass is 258 g/mol. The minimum atomic E-state index is -0.539. The van der Waals surface area contributed by atoms with E-state index in [0.29, 0.717) is 13.0 Å². The smallest absolute Gasteiger partial charge is 0.242 e. The van der Waals surface area contributed by atoms with Crippen LogP contribution < -0.4 is 10.6 Å². The van der Waals surface area contributed by atoms with Gasteiger partial charge in [-0.05, 0) is 26.7 Å². The fourth-order valence-corrected chi connectivity index (χ4v) is 1.24. The molecule has 18 heavy (non-hydrogen) atoms. The second kappa shape index (κ2) is 7.36. The molecule has 3 N–H and O–H groups in total. The Morgan fingerprint density at radius 1 is 1.22 bits per heavy atom. The molecule has 0 saturated carbocycles. The number of rotatable bonds is 6. The topological polar surface area (TPSA) is 78.4 Å². The molecule has 0 rings (SSSR count). The highest BCUT2D eigenvalue weighted by Gasteiger charge is 2.24. The predicted molar refractivity (Wildman–Crippen MR) is 71.0 cm³/mol. The van der Waals surface area contributed by atoms with Crippen LogP contribution in [-0.2, 0) is 9.59 Å². The molecule has 0 heterocycles. The SMILES string of the molecule is CC(O)CCCNC(=O)C(C)NC(=O)C(C)(C)C. The van der Waals surface area contributed by atoms with E-state index in [1.807, 2.05) is 0 Å². The summed E-state index contributed by atoms with van der Waals surface area (Å²) >= 11 is 0. The van der Waals surface area contributed by atoms with Crippen molar-refractivity contribution in [2.75, 3.05) is 6.54 Å². The summed E-state index contributed by atoms with van der Waals surface area (Å²) in [7, 11) is 0. The molecule has 106 valence electrons. The van der Waals surface area contributed by atoms with E-state index < -0.39 is 11.5 Å². The van der Waals surface area contributed by atoms with Gasteiger partial charge in [0.2, 0.25) is 11.8 Å². The minimum Gasteiger partial charge on any atom is -0.393 e. The summed E-state index contributed by atoms with van der Waals surface area (Å²) in [5.74, 6) is -0.340. The van der Waals surface area contributed by atoms with Gasteiger partial charge in [0.15, 0.2) is 0 Å². The molecule has 0 bridgehead atoms. The Balaban J connectivity index is 3.94. The number of aliphatic hydroxyl groups is 1. The molecule has 0 aliphatic rings. The average Bonchev–Trinajstić information content (AvgIpc) is 2.22. The lowest BCUT2D eigenvalue weighted by Gasteiger charge is -2.21. The van der Waals surface area contributed by atoms with Crippen LogP contribution in [0.25, 0.3) is 0 Å². The van der Waals surface area contributed by atoms with Crippen LogP contribution in [0.15, 0.2) is 0 Å². The van der Waals surface area contributed by atoms with Gasteiger partial charge in [-0.3, -0.25) is 9.59 Å². The average molecular weight is 258 g/mol. The van der Waals surface area contributed by atoms with Gasteiger partial charge in [-0.25, -0.2) is 0 Å². The Bertz CT molecular complexity index is 282. The van der Waals surface area contributed by atoms with Crippen LogP contribution in [0.4, 0.5) is 0 Å². The lowest BCUT2D eigenvalue weighted by molar-refractivity contribution is -0.133. The summed E-state index contributed by atoms with van der Waals surface area (Å²) in [5.41, 5.74) is -0.499. The minimum absolute atomic E-state index is 0.144.